The lowest BCUT2D eigenvalue weighted by Gasteiger charge is -2.07. The number of hydrogen-bond acceptors (Lipinski definition) is 8. The maximum absolute atomic E-state index is 12.5. The lowest BCUT2D eigenvalue weighted by Crippen LogP contribution is -2.13. The molecule has 0 saturated carbocycles. The predicted molar refractivity (Wildman–Crippen MR) is 105 cm³/mol. The molecular formula is C19H19N3O6S. The van der Waals surface area contributed by atoms with Crippen LogP contribution in [0.25, 0.3) is 11.5 Å². The van der Waals surface area contributed by atoms with Crippen molar-refractivity contribution in [2.75, 3.05) is 25.3 Å². The quantitative estimate of drug-likeness (QED) is 0.623. The Morgan fingerprint density at radius 2 is 1.90 bits per heavy atom. The van der Waals surface area contributed by atoms with Gasteiger partial charge in [0.25, 0.3) is 11.8 Å². The molecule has 0 radical (unpaired) electrons. The van der Waals surface area contributed by atoms with E-state index < -0.39 is 15.7 Å². The van der Waals surface area contributed by atoms with Crippen LogP contribution < -0.4 is 14.8 Å². The molecule has 3 aromatic rings. The fourth-order valence-electron chi connectivity index (χ4n) is 2.52. The van der Waals surface area contributed by atoms with Gasteiger partial charge in [-0.1, -0.05) is 18.1 Å². The number of sulfone groups is 1. The SMILES string of the molecule is CCS(=O)(=O)c1cccc(C(=O)Nc2nnc(-c3ccc(OC)cc3OC)o2)c1. The van der Waals surface area contributed by atoms with Gasteiger partial charge in [-0.3, -0.25) is 10.1 Å². The van der Waals surface area contributed by atoms with E-state index in [1.165, 1.54) is 45.4 Å². The molecule has 152 valence electrons. The monoisotopic (exact) mass is 417 g/mol. The number of hydrogen-bond donors (Lipinski definition) is 1. The highest BCUT2D eigenvalue weighted by molar-refractivity contribution is 7.91. The van der Waals surface area contributed by atoms with Crippen molar-refractivity contribution in [1.29, 1.82) is 0 Å². The van der Waals surface area contributed by atoms with Gasteiger partial charge in [0.05, 0.1) is 30.4 Å². The van der Waals surface area contributed by atoms with Crippen molar-refractivity contribution in [1.82, 2.24) is 10.2 Å². The molecule has 3 rings (SSSR count). The molecule has 2 aromatic carbocycles. The minimum Gasteiger partial charge on any atom is -0.497 e. The van der Waals surface area contributed by atoms with Gasteiger partial charge >= 0.3 is 6.01 Å². The molecule has 0 aliphatic carbocycles. The summed E-state index contributed by atoms with van der Waals surface area (Å²) >= 11 is 0. The van der Waals surface area contributed by atoms with Crippen molar-refractivity contribution < 1.29 is 27.1 Å². The van der Waals surface area contributed by atoms with Gasteiger partial charge in [0, 0.05) is 11.6 Å². The van der Waals surface area contributed by atoms with Crippen LogP contribution in [0.4, 0.5) is 6.01 Å². The van der Waals surface area contributed by atoms with Crippen LogP contribution in [0.2, 0.25) is 0 Å². The van der Waals surface area contributed by atoms with E-state index in [2.05, 4.69) is 15.5 Å². The third-order valence-electron chi connectivity index (χ3n) is 4.12. The Labute approximate surface area is 167 Å². The first-order chi connectivity index (χ1) is 13.9. The number of aromatic nitrogens is 2. The first kappa shape index (κ1) is 20.3. The van der Waals surface area contributed by atoms with E-state index in [9.17, 15) is 13.2 Å². The lowest BCUT2D eigenvalue weighted by molar-refractivity contribution is 0.102. The molecule has 0 aliphatic heterocycles. The molecular weight excluding hydrogens is 398 g/mol. The van der Waals surface area contributed by atoms with E-state index in [1.807, 2.05) is 0 Å². The Morgan fingerprint density at radius 1 is 1.10 bits per heavy atom. The molecule has 0 unspecified atom stereocenters. The molecule has 0 fully saturated rings. The normalized spacial score (nSPS) is 11.1. The molecule has 9 nitrogen and oxygen atoms in total. The van der Waals surface area contributed by atoms with Gasteiger partial charge in [-0.2, -0.15) is 0 Å². The summed E-state index contributed by atoms with van der Waals surface area (Å²) in [4.78, 5) is 12.5. The van der Waals surface area contributed by atoms with Crippen LogP contribution in [0, 0.1) is 0 Å². The van der Waals surface area contributed by atoms with Crippen LogP contribution in [-0.4, -0.2) is 44.5 Å². The van der Waals surface area contributed by atoms with Crippen LogP contribution in [-0.2, 0) is 9.84 Å². The minimum absolute atomic E-state index is 0.0607. The number of amides is 1. The van der Waals surface area contributed by atoms with E-state index >= 15 is 0 Å². The Kier molecular flexibility index (Phi) is 5.83. The first-order valence-electron chi connectivity index (χ1n) is 8.58. The first-order valence-corrected chi connectivity index (χ1v) is 10.2. The zero-order valence-corrected chi connectivity index (χ0v) is 16.8. The number of nitrogens with zero attached hydrogens (tertiary/aromatic N) is 2. The highest BCUT2D eigenvalue weighted by Crippen LogP contribution is 2.33. The van der Waals surface area contributed by atoms with Crippen LogP contribution in [0.3, 0.4) is 0 Å². The highest BCUT2D eigenvalue weighted by atomic mass is 32.2. The van der Waals surface area contributed by atoms with Gasteiger partial charge in [0.15, 0.2) is 9.84 Å². The summed E-state index contributed by atoms with van der Waals surface area (Å²) in [6.45, 7) is 1.54. The van der Waals surface area contributed by atoms with E-state index in [0.717, 1.165) is 0 Å². The molecule has 1 amide bonds. The van der Waals surface area contributed by atoms with Crippen LogP contribution in [0.1, 0.15) is 17.3 Å². The summed E-state index contributed by atoms with van der Waals surface area (Å²) in [5, 5.41) is 10.2. The van der Waals surface area contributed by atoms with Gasteiger partial charge in [-0.15, -0.1) is 5.10 Å². The third kappa shape index (κ3) is 4.37. The Morgan fingerprint density at radius 3 is 2.59 bits per heavy atom. The Balaban J connectivity index is 1.82. The van der Waals surface area contributed by atoms with Crippen LogP contribution >= 0.6 is 0 Å². The van der Waals surface area contributed by atoms with Crippen molar-refractivity contribution in [3.63, 3.8) is 0 Å². The van der Waals surface area contributed by atoms with Crippen molar-refractivity contribution in [3.8, 4) is 23.0 Å². The molecule has 0 saturated heterocycles. The van der Waals surface area contributed by atoms with Crippen molar-refractivity contribution in [3.05, 3.63) is 48.0 Å². The number of nitrogens with one attached hydrogen (secondary N) is 1. The molecule has 0 aliphatic rings. The average molecular weight is 417 g/mol. The Bertz CT molecular complexity index is 1140. The van der Waals surface area contributed by atoms with Crippen molar-refractivity contribution in [2.45, 2.75) is 11.8 Å². The summed E-state index contributed by atoms with van der Waals surface area (Å²) in [7, 11) is -0.396. The smallest absolute Gasteiger partial charge is 0.322 e. The standard InChI is InChI=1S/C19H19N3O6S/c1-4-29(24,25)14-7-5-6-12(10-14)17(23)20-19-22-21-18(28-19)15-9-8-13(26-2)11-16(15)27-3/h5-11H,4H2,1-3H3,(H,20,22,23). The predicted octanol–water partition coefficient (Wildman–Crippen LogP) is 2.80. The second kappa shape index (κ2) is 8.31. The van der Waals surface area contributed by atoms with Crippen molar-refractivity contribution >= 4 is 21.8 Å². The fraction of sp³-hybridized carbons (Fsp3) is 0.211. The molecule has 29 heavy (non-hydrogen) atoms. The molecule has 0 atom stereocenters. The van der Waals surface area contributed by atoms with E-state index in [0.29, 0.717) is 17.1 Å². The molecule has 0 spiro atoms. The molecule has 1 aromatic heterocycles. The second-order valence-corrected chi connectivity index (χ2v) is 8.14. The largest absolute Gasteiger partial charge is 0.497 e. The number of ether oxygens (including phenoxy) is 2. The lowest BCUT2D eigenvalue weighted by atomic mass is 10.2. The molecule has 0 bridgehead atoms. The highest BCUT2D eigenvalue weighted by Gasteiger charge is 2.18. The summed E-state index contributed by atoms with van der Waals surface area (Å²) in [6, 6.07) is 10.7. The van der Waals surface area contributed by atoms with Gasteiger partial charge < -0.3 is 13.9 Å². The number of methoxy groups -OCH3 is 2. The number of carbonyl (C=O) groups excluding carboxylic acids is 1. The summed E-state index contributed by atoms with van der Waals surface area (Å²) in [5.41, 5.74) is 0.679. The third-order valence-corrected chi connectivity index (χ3v) is 5.85. The summed E-state index contributed by atoms with van der Waals surface area (Å²) < 4.78 is 40.0. The molecule has 1 heterocycles. The van der Waals surface area contributed by atoms with E-state index in [1.54, 1.807) is 18.2 Å². The number of rotatable bonds is 7. The van der Waals surface area contributed by atoms with Gasteiger partial charge in [-0.25, -0.2) is 8.42 Å². The average Bonchev–Trinajstić information content (AvgIpc) is 3.21. The van der Waals surface area contributed by atoms with Gasteiger partial charge in [0.1, 0.15) is 11.5 Å². The zero-order chi connectivity index (χ0) is 21.0. The van der Waals surface area contributed by atoms with E-state index in [4.69, 9.17) is 13.9 Å². The molecule has 1 N–H and O–H groups in total. The second-order valence-electron chi connectivity index (χ2n) is 5.86. The number of anilines is 1. The molecule has 10 heteroatoms. The van der Waals surface area contributed by atoms with Crippen molar-refractivity contribution in [2.24, 2.45) is 0 Å². The van der Waals surface area contributed by atoms with Crippen LogP contribution in [0.15, 0.2) is 51.8 Å². The topological polar surface area (TPSA) is 121 Å². The summed E-state index contributed by atoms with van der Waals surface area (Å²) in [5.74, 6) is 0.565. The summed E-state index contributed by atoms with van der Waals surface area (Å²) in [6.07, 6.45) is 0. The van der Waals surface area contributed by atoms with Crippen LogP contribution in [0.5, 0.6) is 11.5 Å². The number of carbonyl (C=O) groups is 1. The maximum atomic E-state index is 12.5. The fourth-order valence-corrected chi connectivity index (χ4v) is 3.45. The number of benzene rings is 2. The Hall–Kier alpha value is -3.40. The zero-order valence-electron chi connectivity index (χ0n) is 16.0. The van der Waals surface area contributed by atoms with E-state index in [-0.39, 0.29) is 28.1 Å². The minimum atomic E-state index is -3.43. The maximum Gasteiger partial charge on any atom is 0.322 e. The van der Waals surface area contributed by atoms with Gasteiger partial charge in [0.2, 0.25) is 0 Å². The van der Waals surface area contributed by atoms with Gasteiger partial charge in [-0.05, 0) is 30.3 Å².